The number of rotatable bonds is 6. The Labute approximate surface area is 148 Å². The third kappa shape index (κ3) is 3.91. The van der Waals surface area contributed by atoms with E-state index in [1.807, 2.05) is 0 Å². The first-order valence-corrected chi connectivity index (χ1v) is 10.1. The number of anilines is 2. The minimum absolute atomic E-state index is 0.0254. The van der Waals surface area contributed by atoms with E-state index < -0.39 is 26.6 Å². The van der Waals surface area contributed by atoms with Gasteiger partial charge in [0.1, 0.15) is 5.82 Å². The van der Waals surface area contributed by atoms with E-state index in [2.05, 4.69) is 19.7 Å². The van der Waals surface area contributed by atoms with Crippen LogP contribution in [-0.2, 0) is 10.0 Å². The van der Waals surface area contributed by atoms with Gasteiger partial charge >= 0.3 is 0 Å². The lowest BCUT2D eigenvalue weighted by molar-refractivity contribution is 0.516. The minimum atomic E-state index is -4.41. The molecule has 25 heavy (non-hydrogen) atoms. The van der Waals surface area contributed by atoms with Crippen molar-refractivity contribution in [1.82, 2.24) is 9.69 Å². The Morgan fingerprint density at radius 1 is 1.44 bits per heavy atom. The molecule has 0 aliphatic carbocycles. The zero-order valence-electron chi connectivity index (χ0n) is 13.5. The summed E-state index contributed by atoms with van der Waals surface area (Å²) in [4.78, 5) is -0.994. The molecule has 10 heteroatoms. The molecule has 0 radical (unpaired) electrons. The standard InChI is InChI=1S/C15H18F2N4O2S2/c1-9-12(19-8-10-2-4-18-7-10)6-11(16)15(14(9)17)25(22,23)21-13-3-5-24-20-13/h3,5-6,10,18-19H,2,4,7-8H2,1H3,(H,20,21)/t10-/m0/s1. The molecule has 1 aromatic heterocycles. The molecule has 6 nitrogen and oxygen atoms in total. The van der Waals surface area contributed by atoms with Gasteiger partial charge in [0.2, 0.25) is 0 Å². The first-order chi connectivity index (χ1) is 11.9. The van der Waals surface area contributed by atoms with E-state index in [0.29, 0.717) is 12.5 Å². The smallest absolute Gasteiger partial charge is 0.268 e. The maximum absolute atomic E-state index is 14.6. The normalized spacial score (nSPS) is 17.6. The molecule has 2 aromatic rings. The number of nitrogens with one attached hydrogen (secondary N) is 3. The van der Waals surface area contributed by atoms with Gasteiger partial charge in [0.25, 0.3) is 10.0 Å². The molecule has 1 aliphatic rings. The molecule has 1 fully saturated rings. The van der Waals surface area contributed by atoms with E-state index in [9.17, 15) is 17.2 Å². The lowest BCUT2D eigenvalue weighted by Gasteiger charge is -2.16. The Morgan fingerprint density at radius 2 is 2.24 bits per heavy atom. The van der Waals surface area contributed by atoms with Crippen molar-refractivity contribution < 1.29 is 17.2 Å². The maximum Gasteiger partial charge on any atom is 0.268 e. The molecule has 136 valence electrons. The Hall–Kier alpha value is -1.78. The first-order valence-electron chi connectivity index (χ1n) is 7.75. The average Bonchev–Trinajstić information content (AvgIpc) is 3.22. The molecular formula is C15H18F2N4O2S2. The minimum Gasteiger partial charge on any atom is -0.384 e. The van der Waals surface area contributed by atoms with Crippen LogP contribution in [0.15, 0.2) is 22.4 Å². The van der Waals surface area contributed by atoms with Gasteiger partial charge in [-0.15, -0.1) is 0 Å². The van der Waals surface area contributed by atoms with Gasteiger partial charge in [0.05, 0.1) is 0 Å². The van der Waals surface area contributed by atoms with Crippen molar-refractivity contribution in [2.75, 3.05) is 29.7 Å². The van der Waals surface area contributed by atoms with Crippen molar-refractivity contribution in [2.45, 2.75) is 18.2 Å². The van der Waals surface area contributed by atoms with E-state index in [-0.39, 0.29) is 17.1 Å². The van der Waals surface area contributed by atoms with Crippen molar-refractivity contribution in [1.29, 1.82) is 0 Å². The number of hydrogen-bond acceptors (Lipinski definition) is 6. The summed E-state index contributed by atoms with van der Waals surface area (Å²) in [5.41, 5.74) is 0.320. The molecule has 1 saturated heterocycles. The highest BCUT2D eigenvalue weighted by Gasteiger charge is 2.28. The number of halogens is 2. The lowest BCUT2D eigenvalue weighted by atomic mass is 10.1. The third-order valence-corrected chi connectivity index (χ3v) is 6.06. The van der Waals surface area contributed by atoms with Gasteiger partial charge in [-0.1, -0.05) is 0 Å². The molecule has 0 bridgehead atoms. The highest BCUT2D eigenvalue weighted by molar-refractivity contribution is 7.92. The summed E-state index contributed by atoms with van der Waals surface area (Å²) in [6.45, 7) is 3.76. The summed E-state index contributed by atoms with van der Waals surface area (Å²) in [6, 6.07) is 2.44. The number of benzene rings is 1. The predicted molar refractivity (Wildman–Crippen MR) is 93.5 cm³/mol. The van der Waals surface area contributed by atoms with Crippen LogP contribution in [0, 0.1) is 24.5 Å². The van der Waals surface area contributed by atoms with Gasteiger partial charge in [-0.25, -0.2) is 17.2 Å². The summed E-state index contributed by atoms with van der Waals surface area (Å²) >= 11 is 1.03. The molecule has 0 saturated carbocycles. The molecule has 3 N–H and O–H groups in total. The van der Waals surface area contributed by atoms with E-state index in [1.165, 1.54) is 13.0 Å². The summed E-state index contributed by atoms with van der Waals surface area (Å²) in [6.07, 6.45) is 0.987. The summed E-state index contributed by atoms with van der Waals surface area (Å²) in [7, 11) is -4.41. The summed E-state index contributed by atoms with van der Waals surface area (Å²) in [5, 5.41) is 7.79. The fraction of sp³-hybridized carbons (Fsp3) is 0.400. The van der Waals surface area contributed by atoms with E-state index in [4.69, 9.17) is 0 Å². The number of hydrogen-bond donors (Lipinski definition) is 3. The van der Waals surface area contributed by atoms with Gasteiger partial charge < -0.3 is 10.6 Å². The molecule has 3 rings (SSSR count). The zero-order valence-corrected chi connectivity index (χ0v) is 15.1. The SMILES string of the molecule is Cc1c(NC[C@H]2CCNC2)cc(F)c(S(=O)(=O)Nc2ccsn2)c1F. The maximum atomic E-state index is 14.6. The van der Waals surface area contributed by atoms with Crippen molar-refractivity contribution in [2.24, 2.45) is 5.92 Å². The van der Waals surface area contributed by atoms with E-state index in [0.717, 1.165) is 37.1 Å². The molecule has 1 aliphatic heterocycles. The second-order valence-electron chi connectivity index (χ2n) is 5.90. The highest BCUT2D eigenvalue weighted by Crippen LogP contribution is 2.29. The van der Waals surface area contributed by atoms with Crippen LogP contribution >= 0.6 is 11.5 Å². The van der Waals surface area contributed by atoms with Crippen LogP contribution in [0.25, 0.3) is 0 Å². The molecule has 1 atom stereocenters. The second-order valence-corrected chi connectivity index (χ2v) is 8.19. The highest BCUT2D eigenvalue weighted by atomic mass is 32.2. The fourth-order valence-corrected chi connectivity index (χ4v) is 4.44. The van der Waals surface area contributed by atoms with Gasteiger partial charge in [-0.3, -0.25) is 4.72 Å². The quantitative estimate of drug-likeness (QED) is 0.708. The van der Waals surface area contributed by atoms with Crippen LogP contribution in [0.5, 0.6) is 0 Å². The van der Waals surface area contributed by atoms with Crippen molar-refractivity contribution in [3.05, 3.63) is 34.7 Å². The number of nitrogens with zero attached hydrogens (tertiary/aromatic N) is 1. The van der Waals surface area contributed by atoms with Gasteiger partial charge in [-0.2, -0.15) is 4.37 Å². The van der Waals surface area contributed by atoms with Crippen LogP contribution in [-0.4, -0.2) is 32.4 Å². The molecule has 2 heterocycles. The van der Waals surface area contributed by atoms with E-state index >= 15 is 0 Å². The van der Waals surface area contributed by atoms with Crippen molar-refractivity contribution in [3.8, 4) is 0 Å². The summed E-state index contributed by atoms with van der Waals surface area (Å²) in [5.74, 6) is -1.84. The Bertz CT molecular complexity index is 851. The van der Waals surface area contributed by atoms with Crippen LogP contribution in [0.1, 0.15) is 12.0 Å². The molecule has 0 spiro atoms. The Balaban J connectivity index is 1.86. The van der Waals surface area contributed by atoms with Gasteiger partial charge in [0, 0.05) is 23.2 Å². The molecular weight excluding hydrogens is 370 g/mol. The number of sulfonamides is 1. The van der Waals surface area contributed by atoms with Crippen LogP contribution < -0.4 is 15.4 Å². The van der Waals surface area contributed by atoms with Crippen molar-refractivity contribution in [3.63, 3.8) is 0 Å². The topological polar surface area (TPSA) is 83.1 Å². The van der Waals surface area contributed by atoms with Crippen molar-refractivity contribution >= 4 is 33.1 Å². The van der Waals surface area contributed by atoms with Crippen LogP contribution in [0.2, 0.25) is 0 Å². The first kappa shape index (κ1) is 18.0. The largest absolute Gasteiger partial charge is 0.384 e. The van der Waals surface area contributed by atoms with E-state index in [1.54, 1.807) is 5.38 Å². The third-order valence-electron chi connectivity index (χ3n) is 4.11. The fourth-order valence-electron chi connectivity index (χ4n) is 2.72. The Kier molecular flexibility index (Phi) is 5.21. The monoisotopic (exact) mass is 388 g/mol. The lowest BCUT2D eigenvalue weighted by Crippen LogP contribution is -2.20. The van der Waals surface area contributed by atoms with Crippen LogP contribution in [0.4, 0.5) is 20.3 Å². The zero-order chi connectivity index (χ0) is 18.0. The van der Waals surface area contributed by atoms with Gasteiger partial charge in [-0.05, 0) is 56.0 Å². The van der Waals surface area contributed by atoms with Crippen LogP contribution in [0.3, 0.4) is 0 Å². The average molecular weight is 388 g/mol. The molecule has 1 aromatic carbocycles. The predicted octanol–water partition coefficient (Wildman–Crippen LogP) is 2.55. The Morgan fingerprint density at radius 3 is 2.88 bits per heavy atom. The molecule has 0 amide bonds. The molecule has 0 unspecified atom stereocenters. The summed E-state index contributed by atoms with van der Waals surface area (Å²) < 4.78 is 59.5. The number of aromatic nitrogens is 1. The second kappa shape index (κ2) is 7.22. The van der Waals surface area contributed by atoms with Gasteiger partial charge in [0.15, 0.2) is 16.5 Å².